The first-order valence-corrected chi connectivity index (χ1v) is 7.91. The first kappa shape index (κ1) is 14.8. The maximum absolute atomic E-state index is 12.5. The lowest BCUT2D eigenvalue weighted by Crippen LogP contribution is -2.41. The Morgan fingerprint density at radius 3 is 2.25 bits per heavy atom. The van der Waals surface area contributed by atoms with Gasteiger partial charge in [0.25, 0.3) is 0 Å². The normalized spacial score (nSPS) is 19.2. The molecule has 1 aliphatic rings. The SMILES string of the molecule is COc1ccc(S(=O)(=O)N2CCC(C)(C#N)CC2)cc1. The Hall–Kier alpha value is -1.58. The highest BCUT2D eigenvalue weighted by molar-refractivity contribution is 7.89. The second kappa shape index (κ2) is 5.43. The van der Waals surface area contributed by atoms with Gasteiger partial charge in [-0.2, -0.15) is 9.57 Å². The number of hydrogen-bond donors (Lipinski definition) is 0. The lowest BCUT2D eigenvalue weighted by Gasteiger charge is -2.34. The highest BCUT2D eigenvalue weighted by Crippen LogP contribution is 2.32. The van der Waals surface area contributed by atoms with E-state index in [1.54, 1.807) is 24.3 Å². The average Bonchev–Trinajstić information content (AvgIpc) is 2.48. The molecule has 1 aromatic carbocycles. The summed E-state index contributed by atoms with van der Waals surface area (Å²) < 4.78 is 31.5. The number of benzene rings is 1. The summed E-state index contributed by atoms with van der Waals surface area (Å²) >= 11 is 0. The minimum absolute atomic E-state index is 0.263. The van der Waals surface area contributed by atoms with Gasteiger partial charge in [-0.05, 0) is 44.0 Å². The number of hydrogen-bond acceptors (Lipinski definition) is 4. The molecule has 0 amide bonds. The van der Waals surface area contributed by atoms with E-state index in [9.17, 15) is 8.42 Å². The van der Waals surface area contributed by atoms with Crippen LogP contribution in [0.15, 0.2) is 29.2 Å². The minimum atomic E-state index is -3.48. The van der Waals surface area contributed by atoms with E-state index < -0.39 is 15.4 Å². The monoisotopic (exact) mass is 294 g/mol. The summed E-state index contributed by atoms with van der Waals surface area (Å²) in [5.41, 5.74) is -0.411. The van der Waals surface area contributed by atoms with Crippen LogP contribution in [0.1, 0.15) is 19.8 Å². The van der Waals surface area contributed by atoms with Gasteiger partial charge in [0.1, 0.15) is 5.75 Å². The third-order valence-corrected chi connectivity index (χ3v) is 5.71. The van der Waals surface area contributed by atoms with Gasteiger partial charge >= 0.3 is 0 Å². The second-order valence-electron chi connectivity index (χ2n) is 5.25. The molecule has 1 aliphatic heterocycles. The van der Waals surface area contributed by atoms with Gasteiger partial charge in [0.05, 0.1) is 23.5 Å². The molecule has 1 aromatic rings. The van der Waals surface area contributed by atoms with Crippen molar-refractivity contribution in [1.29, 1.82) is 5.26 Å². The molecule has 0 bridgehead atoms. The summed E-state index contributed by atoms with van der Waals surface area (Å²) in [6, 6.07) is 8.64. The van der Waals surface area contributed by atoms with Crippen molar-refractivity contribution in [2.24, 2.45) is 5.41 Å². The molecule has 6 heteroatoms. The first-order chi connectivity index (χ1) is 9.41. The van der Waals surface area contributed by atoms with Crippen LogP contribution in [0.4, 0.5) is 0 Å². The quantitative estimate of drug-likeness (QED) is 0.855. The second-order valence-corrected chi connectivity index (χ2v) is 7.19. The van der Waals surface area contributed by atoms with Crippen molar-refractivity contribution in [3.63, 3.8) is 0 Å². The summed E-state index contributed by atoms with van der Waals surface area (Å²) in [7, 11) is -1.94. The molecule has 0 aliphatic carbocycles. The number of sulfonamides is 1. The highest BCUT2D eigenvalue weighted by atomic mass is 32.2. The predicted molar refractivity (Wildman–Crippen MR) is 74.7 cm³/mol. The van der Waals surface area contributed by atoms with Gasteiger partial charge in [-0.15, -0.1) is 0 Å². The molecule has 0 aromatic heterocycles. The lowest BCUT2D eigenvalue weighted by molar-refractivity contribution is 0.232. The molecule has 0 atom stereocenters. The van der Waals surface area contributed by atoms with Crippen molar-refractivity contribution in [2.45, 2.75) is 24.7 Å². The Morgan fingerprint density at radius 1 is 1.25 bits per heavy atom. The van der Waals surface area contributed by atoms with Gasteiger partial charge in [-0.1, -0.05) is 0 Å². The number of rotatable bonds is 3. The van der Waals surface area contributed by atoms with E-state index in [-0.39, 0.29) is 4.90 Å². The Morgan fingerprint density at radius 2 is 1.80 bits per heavy atom. The number of piperidine rings is 1. The fourth-order valence-corrected chi connectivity index (χ4v) is 3.67. The number of ether oxygens (including phenoxy) is 1. The largest absolute Gasteiger partial charge is 0.497 e. The van der Waals surface area contributed by atoms with E-state index in [0.717, 1.165) is 0 Å². The number of nitriles is 1. The van der Waals surface area contributed by atoms with Gasteiger partial charge in [-0.25, -0.2) is 8.42 Å². The van der Waals surface area contributed by atoms with Gasteiger partial charge < -0.3 is 4.74 Å². The molecule has 5 nitrogen and oxygen atoms in total. The van der Waals surface area contributed by atoms with E-state index in [4.69, 9.17) is 10.00 Å². The van der Waals surface area contributed by atoms with Crippen LogP contribution in [0.3, 0.4) is 0 Å². The zero-order valence-electron chi connectivity index (χ0n) is 11.7. The van der Waals surface area contributed by atoms with Crippen LogP contribution in [0.25, 0.3) is 0 Å². The zero-order valence-corrected chi connectivity index (χ0v) is 12.5. The molecule has 2 rings (SSSR count). The Labute approximate surface area is 119 Å². The van der Waals surface area contributed by atoms with E-state index >= 15 is 0 Å². The van der Waals surface area contributed by atoms with Gasteiger partial charge in [-0.3, -0.25) is 0 Å². The highest BCUT2D eigenvalue weighted by Gasteiger charge is 2.35. The molecule has 1 fully saturated rings. The molecule has 0 N–H and O–H groups in total. The average molecular weight is 294 g/mol. The zero-order chi connectivity index (χ0) is 14.8. The topological polar surface area (TPSA) is 70.4 Å². The third kappa shape index (κ3) is 2.79. The standard InChI is InChI=1S/C14H18N2O3S/c1-14(11-15)7-9-16(10-8-14)20(17,18)13-5-3-12(19-2)4-6-13/h3-6H,7-10H2,1-2H3. The summed E-state index contributed by atoms with van der Waals surface area (Å²) in [4.78, 5) is 0.263. The Bertz CT molecular complexity index is 609. The van der Waals surface area contributed by atoms with Crippen molar-refractivity contribution in [3.05, 3.63) is 24.3 Å². The van der Waals surface area contributed by atoms with Crippen LogP contribution in [-0.4, -0.2) is 32.9 Å². The van der Waals surface area contributed by atoms with Crippen LogP contribution in [0, 0.1) is 16.7 Å². The van der Waals surface area contributed by atoms with Gasteiger partial charge in [0, 0.05) is 13.1 Å². The smallest absolute Gasteiger partial charge is 0.243 e. The molecule has 1 heterocycles. The molecule has 0 unspecified atom stereocenters. The third-order valence-electron chi connectivity index (χ3n) is 3.79. The van der Waals surface area contributed by atoms with E-state index in [1.807, 2.05) is 6.92 Å². The molecule has 20 heavy (non-hydrogen) atoms. The van der Waals surface area contributed by atoms with Crippen molar-refractivity contribution in [3.8, 4) is 11.8 Å². The van der Waals surface area contributed by atoms with Crippen LogP contribution in [0.2, 0.25) is 0 Å². The Balaban J connectivity index is 2.17. The van der Waals surface area contributed by atoms with Crippen LogP contribution in [0.5, 0.6) is 5.75 Å². The first-order valence-electron chi connectivity index (χ1n) is 6.47. The minimum Gasteiger partial charge on any atom is -0.497 e. The van der Waals surface area contributed by atoms with Crippen LogP contribution < -0.4 is 4.74 Å². The number of nitrogens with zero attached hydrogens (tertiary/aromatic N) is 2. The van der Waals surface area contributed by atoms with Crippen molar-refractivity contribution in [1.82, 2.24) is 4.31 Å². The van der Waals surface area contributed by atoms with Gasteiger partial charge in [0.15, 0.2) is 0 Å². The van der Waals surface area contributed by atoms with E-state index in [1.165, 1.54) is 11.4 Å². The van der Waals surface area contributed by atoms with E-state index in [0.29, 0.717) is 31.7 Å². The van der Waals surface area contributed by atoms with Gasteiger partial charge in [0.2, 0.25) is 10.0 Å². The van der Waals surface area contributed by atoms with Crippen molar-refractivity contribution < 1.29 is 13.2 Å². The van der Waals surface area contributed by atoms with Crippen molar-refractivity contribution >= 4 is 10.0 Å². The fourth-order valence-electron chi connectivity index (χ4n) is 2.23. The van der Waals surface area contributed by atoms with Crippen LogP contribution >= 0.6 is 0 Å². The maximum atomic E-state index is 12.5. The molecule has 0 saturated carbocycles. The molecule has 108 valence electrons. The number of methoxy groups -OCH3 is 1. The summed E-state index contributed by atoms with van der Waals surface area (Å²) in [5, 5.41) is 9.08. The molecular formula is C14H18N2O3S. The fraction of sp³-hybridized carbons (Fsp3) is 0.500. The Kier molecular flexibility index (Phi) is 4.02. The molecule has 0 radical (unpaired) electrons. The molecule has 1 saturated heterocycles. The lowest BCUT2D eigenvalue weighted by atomic mass is 9.83. The maximum Gasteiger partial charge on any atom is 0.243 e. The summed E-state index contributed by atoms with van der Waals surface area (Å²) in [6.07, 6.45) is 1.14. The van der Waals surface area contributed by atoms with Crippen molar-refractivity contribution in [2.75, 3.05) is 20.2 Å². The molecule has 0 spiro atoms. The predicted octanol–water partition coefficient (Wildman–Crippen LogP) is 2.01. The van der Waals surface area contributed by atoms with Crippen LogP contribution in [-0.2, 0) is 10.0 Å². The molecular weight excluding hydrogens is 276 g/mol. The summed E-state index contributed by atoms with van der Waals surface area (Å²) in [6.45, 7) is 2.65. The van der Waals surface area contributed by atoms with E-state index in [2.05, 4.69) is 6.07 Å². The summed E-state index contributed by atoms with van der Waals surface area (Å²) in [5.74, 6) is 0.625.